The number of rotatable bonds is 6. The molecule has 0 aliphatic rings. The monoisotopic (exact) mass is 276 g/mol. The summed E-state index contributed by atoms with van der Waals surface area (Å²) in [6, 6.07) is 1.41. The van der Waals surface area contributed by atoms with Crippen LogP contribution in [0.4, 0.5) is 0 Å². The smallest absolute Gasteiger partial charge is 0.337 e. The van der Waals surface area contributed by atoms with E-state index in [-0.39, 0.29) is 11.3 Å². The molecular weight excluding hydrogens is 256 g/mol. The van der Waals surface area contributed by atoms with Gasteiger partial charge in [-0.25, -0.2) is 4.79 Å². The zero-order valence-electron chi connectivity index (χ0n) is 12.0. The molecule has 0 bridgehead atoms. The highest BCUT2D eigenvalue weighted by atomic mass is 16.4. The summed E-state index contributed by atoms with van der Waals surface area (Å²) in [5, 5.41) is 0.415. The lowest BCUT2D eigenvalue weighted by Gasteiger charge is -2.05. The molecule has 2 heterocycles. The predicted molar refractivity (Wildman–Crippen MR) is 78.1 cm³/mol. The molecule has 5 nitrogen and oxygen atoms in total. The van der Waals surface area contributed by atoms with Gasteiger partial charge in [0.1, 0.15) is 11.2 Å². The van der Waals surface area contributed by atoms with E-state index in [1.54, 1.807) is 0 Å². The third kappa shape index (κ3) is 3.15. The van der Waals surface area contributed by atoms with Gasteiger partial charge in [0.15, 0.2) is 0 Å². The number of aromatic amines is 1. The van der Waals surface area contributed by atoms with Crippen molar-refractivity contribution in [1.29, 1.82) is 0 Å². The number of nitrogens with zero attached hydrogens (tertiary/aromatic N) is 1. The van der Waals surface area contributed by atoms with Crippen molar-refractivity contribution >= 4 is 11.1 Å². The molecule has 1 N–H and O–H groups in total. The SMILES string of the molecule is CCCCCCc1cc(=O)oc2nc(CC)[nH]c(=O)c12. The third-order valence-electron chi connectivity index (χ3n) is 3.38. The van der Waals surface area contributed by atoms with Gasteiger partial charge in [0, 0.05) is 12.5 Å². The third-order valence-corrected chi connectivity index (χ3v) is 3.38. The second-order valence-corrected chi connectivity index (χ2v) is 4.95. The van der Waals surface area contributed by atoms with Gasteiger partial charge in [-0.05, 0) is 18.4 Å². The zero-order chi connectivity index (χ0) is 14.5. The Kier molecular flexibility index (Phi) is 4.71. The number of aryl methyl sites for hydroxylation is 2. The fourth-order valence-electron chi connectivity index (χ4n) is 2.30. The topological polar surface area (TPSA) is 76.0 Å². The fraction of sp³-hybridized carbons (Fsp3) is 0.533. The second kappa shape index (κ2) is 6.50. The standard InChI is InChI=1S/C15H20N2O3/c1-3-5-6-7-8-10-9-12(18)20-15-13(10)14(19)16-11(4-2)17-15/h9H,3-8H2,1-2H3,(H,16,17,19). The van der Waals surface area contributed by atoms with Crippen LogP contribution in [-0.4, -0.2) is 9.97 Å². The van der Waals surface area contributed by atoms with Gasteiger partial charge >= 0.3 is 5.63 Å². The molecule has 0 fully saturated rings. The lowest BCUT2D eigenvalue weighted by Crippen LogP contribution is -2.16. The van der Waals surface area contributed by atoms with Crippen LogP contribution < -0.4 is 11.2 Å². The highest BCUT2D eigenvalue weighted by molar-refractivity contribution is 5.75. The Bertz CT molecular complexity index is 700. The maximum absolute atomic E-state index is 12.1. The lowest BCUT2D eigenvalue weighted by molar-refractivity contribution is 0.542. The first-order valence-electron chi connectivity index (χ1n) is 7.21. The number of nitrogens with one attached hydrogen (secondary N) is 1. The average Bonchev–Trinajstić information content (AvgIpc) is 2.42. The second-order valence-electron chi connectivity index (χ2n) is 4.95. The van der Waals surface area contributed by atoms with Crippen LogP contribution in [0.1, 0.15) is 50.9 Å². The summed E-state index contributed by atoms with van der Waals surface area (Å²) in [5.74, 6) is 0.536. The predicted octanol–water partition coefficient (Wildman–Crippen LogP) is 2.56. The molecule has 0 unspecified atom stereocenters. The maximum atomic E-state index is 12.1. The van der Waals surface area contributed by atoms with Crippen LogP contribution in [0.2, 0.25) is 0 Å². The van der Waals surface area contributed by atoms with E-state index in [0.29, 0.717) is 24.1 Å². The molecule has 0 radical (unpaired) electrons. The molecule has 0 atom stereocenters. The molecule has 20 heavy (non-hydrogen) atoms. The number of aromatic nitrogens is 2. The Morgan fingerprint density at radius 2 is 2.00 bits per heavy atom. The molecule has 0 amide bonds. The van der Waals surface area contributed by atoms with Crippen molar-refractivity contribution in [3.63, 3.8) is 0 Å². The molecule has 2 rings (SSSR count). The van der Waals surface area contributed by atoms with E-state index in [1.165, 1.54) is 6.07 Å². The van der Waals surface area contributed by atoms with Gasteiger partial charge in [-0.15, -0.1) is 0 Å². The summed E-state index contributed by atoms with van der Waals surface area (Å²) in [5.41, 5.74) is 0.233. The maximum Gasteiger partial charge on any atom is 0.337 e. The Morgan fingerprint density at radius 1 is 1.20 bits per heavy atom. The summed E-state index contributed by atoms with van der Waals surface area (Å²) in [7, 11) is 0. The van der Waals surface area contributed by atoms with Crippen LogP contribution in [-0.2, 0) is 12.8 Å². The van der Waals surface area contributed by atoms with Gasteiger partial charge in [0.25, 0.3) is 5.56 Å². The molecule has 0 saturated heterocycles. The molecule has 0 aliphatic carbocycles. The Labute approximate surface area is 117 Å². The van der Waals surface area contributed by atoms with Crippen LogP contribution in [0.3, 0.4) is 0 Å². The number of hydrogen-bond donors (Lipinski definition) is 1. The Balaban J connectivity index is 2.43. The van der Waals surface area contributed by atoms with Crippen LogP contribution >= 0.6 is 0 Å². The molecule has 5 heteroatoms. The quantitative estimate of drug-likeness (QED) is 0.823. The van der Waals surface area contributed by atoms with Crippen LogP contribution in [0.15, 0.2) is 20.1 Å². The van der Waals surface area contributed by atoms with E-state index in [1.807, 2.05) is 6.92 Å². The summed E-state index contributed by atoms with van der Waals surface area (Å²) in [6.07, 6.45) is 5.67. The number of H-pyrrole nitrogens is 1. The first-order chi connectivity index (χ1) is 9.65. The lowest BCUT2D eigenvalue weighted by atomic mass is 10.0. The van der Waals surface area contributed by atoms with Crippen molar-refractivity contribution in [3.05, 3.63) is 38.2 Å². The molecule has 0 saturated carbocycles. The highest BCUT2D eigenvalue weighted by Crippen LogP contribution is 2.14. The highest BCUT2D eigenvalue weighted by Gasteiger charge is 2.11. The van der Waals surface area contributed by atoms with Gasteiger partial charge < -0.3 is 9.40 Å². The van der Waals surface area contributed by atoms with Gasteiger partial charge in [0.2, 0.25) is 5.71 Å². The van der Waals surface area contributed by atoms with E-state index in [2.05, 4.69) is 16.9 Å². The van der Waals surface area contributed by atoms with E-state index in [4.69, 9.17) is 4.42 Å². The van der Waals surface area contributed by atoms with Crippen LogP contribution in [0.5, 0.6) is 0 Å². The average molecular weight is 276 g/mol. The molecule has 0 aliphatic heterocycles. The molecular formula is C15H20N2O3. The summed E-state index contributed by atoms with van der Waals surface area (Å²) < 4.78 is 5.07. The van der Waals surface area contributed by atoms with E-state index in [0.717, 1.165) is 31.2 Å². The number of fused-ring (bicyclic) bond motifs is 1. The van der Waals surface area contributed by atoms with Crippen LogP contribution in [0.25, 0.3) is 11.1 Å². The summed E-state index contributed by atoms with van der Waals surface area (Å²) >= 11 is 0. The van der Waals surface area contributed by atoms with Gasteiger partial charge in [-0.2, -0.15) is 4.98 Å². The van der Waals surface area contributed by atoms with Crippen molar-refractivity contribution in [2.24, 2.45) is 0 Å². The minimum Gasteiger partial charge on any atom is -0.403 e. The molecule has 2 aromatic heterocycles. The largest absolute Gasteiger partial charge is 0.403 e. The van der Waals surface area contributed by atoms with E-state index in [9.17, 15) is 9.59 Å². The number of unbranched alkanes of at least 4 members (excludes halogenated alkanes) is 3. The molecule has 0 spiro atoms. The molecule has 0 aromatic carbocycles. The zero-order valence-corrected chi connectivity index (χ0v) is 12.0. The number of hydrogen-bond acceptors (Lipinski definition) is 4. The minimum absolute atomic E-state index is 0.156. The van der Waals surface area contributed by atoms with E-state index < -0.39 is 5.63 Å². The minimum atomic E-state index is -0.442. The van der Waals surface area contributed by atoms with Crippen molar-refractivity contribution in [2.45, 2.75) is 52.4 Å². The first-order valence-corrected chi connectivity index (χ1v) is 7.21. The van der Waals surface area contributed by atoms with Gasteiger partial charge in [0.05, 0.1) is 0 Å². The Hall–Kier alpha value is -1.91. The Morgan fingerprint density at radius 3 is 2.70 bits per heavy atom. The molecule has 108 valence electrons. The summed E-state index contributed by atoms with van der Waals surface area (Å²) in [6.45, 7) is 4.03. The van der Waals surface area contributed by atoms with Crippen molar-refractivity contribution in [2.75, 3.05) is 0 Å². The van der Waals surface area contributed by atoms with E-state index >= 15 is 0 Å². The van der Waals surface area contributed by atoms with Gasteiger partial charge in [-0.1, -0.05) is 33.1 Å². The summed E-state index contributed by atoms with van der Waals surface area (Å²) in [4.78, 5) is 30.6. The first kappa shape index (κ1) is 14.5. The van der Waals surface area contributed by atoms with Crippen LogP contribution in [0, 0.1) is 0 Å². The fourth-order valence-corrected chi connectivity index (χ4v) is 2.30. The van der Waals surface area contributed by atoms with Crippen molar-refractivity contribution in [1.82, 2.24) is 9.97 Å². The van der Waals surface area contributed by atoms with Crippen molar-refractivity contribution in [3.8, 4) is 0 Å². The molecule has 2 aromatic rings. The van der Waals surface area contributed by atoms with Crippen molar-refractivity contribution < 1.29 is 4.42 Å². The normalized spacial score (nSPS) is 11.1. The van der Waals surface area contributed by atoms with Gasteiger partial charge in [-0.3, -0.25) is 4.79 Å².